The highest BCUT2D eigenvalue weighted by atomic mass is 14.9. The van der Waals surface area contributed by atoms with Crippen molar-refractivity contribution in [3.05, 3.63) is 29.8 Å². The minimum atomic E-state index is 0.378. The van der Waals surface area contributed by atoms with Crippen LogP contribution in [0.15, 0.2) is 24.3 Å². The van der Waals surface area contributed by atoms with Crippen molar-refractivity contribution in [3.63, 3.8) is 0 Å². The molecule has 1 aliphatic heterocycles. The first-order valence-corrected chi connectivity index (χ1v) is 7.81. The monoisotopic (exact) mass is 264 g/mol. The lowest BCUT2D eigenvalue weighted by Crippen LogP contribution is -2.37. The maximum absolute atomic E-state index is 5.71. The number of fused-ring (bicyclic) bond motifs is 1. The van der Waals surface area contributed by atoms with Crippen LogP contribution in [0.1, 0.15) is 53.0 Å². The molecule has 1 heterocycles. The van der Waals surface area contributed by atoms with E-state index in [0.29, 0.717) is 5.41 Å². The standard InChI is InChI=1S/C13H20N2.2C2H6/c1-2-13(7-8-14)9-11-5-3-4-6-12(11)15-10-13;2*1-2/h3-6,15H,2,7-10,14H2,1H3;2*1-2H3. The van der Waals surface area contributed by atoms with Crippen molar-refractivity contribution in [2.24, 2.45) is 11.1 Å². The normalized spacial score (nSPS) is 19.9. The van der Waals surface area contributed by atoms with E-state index < -0.39 is 0 Å². The fraction of sp³-hybridized carbons (Fsp3) is 0.647. The van der Waals surface area contributed by atoms with E-state index in [9.17, 15) is 0 Å². The Labute approximate surface area is 119 Å². The molecule has 0 aromatic heterocycles. The number of rotatable bonds is 3. The van der Waals surface area contributed by atoms with E-state index >= 15 is 0 Å². The van der Waals surface area contributed by atoms with Crippen LogP contribution in [0.4, 0.5) is 5.69 Å². The quantitative estimate of drug-likeness (QED) is 0.846. The molecular formula is C17H32N2. The van der Waals surface area contributed by atoms with Crippen molar-refractivity contribution in [1.82, 2.24) is 0 Å². The minimum Gasteiger partial charge on any atom is -0.384 e. The van der Waals surface area contributed by atoms with Crippen LogP contribution < -0.4 is 11.1 Å². The van der Waals surface area contributed by atoms with Gasteiger partial charge in [0.2, 0.25) is 0 Å². The Bertz CT molecular complexity index is 336. The molecule has 1 unspecified atom stereocenters. The fourth-order valence-electron chi connectivity index (χ4n) is 2.51. The average molecular weight is 264 g/mol. The van der Waals surface area contributed by atoms with Crippen LogP contribution in [-0.2, 0) is 6.42 Å². The van der Waals surface area contributed by atoms with E-state index in [1.54, 1.807) is 0 Å². The third kappa shape index (κ3) is 4.87. The summed E-state index contributed by atoms with van der Waals surface area (Å²) in [4.78, 5) is 0. The lowest BCUT2D eigenvalue weighted by atomic mass is 9.74. The van der Waals surface area contributed by atoms with Crippen LogP contribution in [0.2, 0.25) is 0 Å². The van der Waals surface area contributed by atoms with Crippen molar-refractivity contribution >= 4 is 5.69 Å². The van der Waals surface area contributed by atoms with Crippen LogP contribution in [0, 0.1) is 5.41 Å². The van der Waals surface area contributed by atoms with Gasteiger partial charge in [-0.3, -0.25) is 0 Å². The van der Waals surface area contributed by atoms with Gasteiger partial charge in [-0.1, -0.05) is 52.8 Å². The fourth-order valence-corrected chi connectivity index (χ4v) is 2.51. The van der Waals surface area contributed by atoms with Gasteiger partial charge in [-0.2, -0.15) is 0 Å². The molecule has 2 heteroatoms. The summed E-state index contributed by atoms with van der Waals surface area (Å²) < 4.78 is 0. The molecule has 2 rings (SSSR count). The third-order valence-corrected chi connectivity index (χ3v) is 3.66. The molecule has 0 fully saturated rings. The summed E-state index contributed by atoms with van der Waals surface area (Å²) in [5, 5.41) is 3.53. The smallest absolute Gasteiger partial charge is 0.0373 e. The van der Waals surface area contributed by atoms with E-state index in [4.69, 9.17) is 5.73 Å². The second kappa shape index (κ2) is 9.85. The van der Waals surface area contributed by atoms with Gasteiger partial charge in [0, 0.05) is 12.2 Å². The van der Waals surface area contributed by atoms with Gasteiger partial charge in [-0.25, -0.2) is 0 Å². The molecule has 1 atom stereocenters. The van der Waals surface area contributed by atoms with E-state index in [2.05, 4.69) is 36.5 Å². The molecule has 1 aromatic rings. The first-order valence-electron chi connectivity index (χ1n) is 7.81. The van der Waals surface area contributed by atoms with Crippen LogP contribution in [0.25, 0.3) is 0 Å². The first-order chi connectivity index (χ1) is 9.29. The topological polar surface area (TPSA) is 38.0 Å². The zero-order valence-corrected chi connectivity index (χ0v) is 13.4. The Hall–Kier alpha value is -1.02. The molecule has 1 aromatic carbocycles. The van der Waals surface area contributed by atoms with Gasteiger partial charge in [0.25, 0.3) is 0 Å². The molecule has 110 valence electrons. The van der Waals surface area contributed by atoms with Crippen molar-refractivity contribution in [2.45, 2.75) is 53.9 Å². The second-order valence-corrected chi connectivity index (χ2v) is 4.58. The first kappa shape index (κ1) is 18.0. The summed E-state index contributed by atoms with van der Waals surface area (Å²) in [6.07, 6.45) is 3.49. The van der Waals surface area contributed by atoms with Gasteiger partial charge in [-0.15, -0.1) is 0 Å². The van der Waals surface area contributed by atoms with Crippen molar-refractivity contribution < 1.29 is 0 Å². The van der Waals surface area contributed by atoms with E-state index in [0.717, 1.165) is 19.5 Å². The van der Waals surface area contributed by atoms with Gasteiger partial charge in [-0.05, 0) is 42.9 Å². The molecule has 0 saturated carbocycles. The molecule has 0 aliphatic carbocycles. The van der Waals surface area contributed by atoms with Gasteiger partial charge >= 0.3 is 0 Å². The van der Waals surface area contributed by atoms with Gasteiger partial charge in [0.15, 0.2) is 0 Å². The Morgan fingerprint density at radius 2 is 1.79 bits per heavy atom. The maximum atomic E-state index is 5.71. The number of hydrogen-bond donors (Lipinski definition) is 2. The van der Waals surface area contributed by atoms with Crippen LogP contribution in [0.3, 0.4) is 0 Å². The summed E-state index contributed by atoms with van der Waals surface area (Å²) in [5.74, 6) is 0. The molecule has 2 nitrogen and oxygen atoms in total. The lowest BCUT2D eigenvalue weighted by Gasteiger charge is -2.38. The SMILES string of the molecule is CC.CC.CCC1(CCN)CNc2ccccc2C1. The molecule has 3 N–H and O–H groups in total. The highest BCUT2D eigenvalue weighted by Gasteiger charge is 2.31. The van der Waals surface area contributed by atoms with Crippen molar-refractivity contribution in [1.29, 1.82) is 0 Å². The molecule has 0 radical (unpaired) electrons. The predicted octanol–water partition coefficient (Wildman–Crippen LogP) is 4.45. The lowest BCUT2D eigenvalue weighted by molar-refractivity contribution is 0.266. The summed E-state index contributed by atoms with van der Waals surface area (Å²) in [5.41, 5.74) is 8.84. The molecule has 1 aliphatic rings. The van der Waals surface area contributed by atoms with E-state index in [1.165, 1.54) is 24.1 Å². The van der Waals surface area contributed by atoms with E-state index in [1.807, 2.05) is 27.7 Å². The molecule has 0 spiro atoms. The zero-order valence-electron chi connectivity index (χ0n) is 13.4. The molecule has 0 bridgehead atoms. The highest BCUT2D eigenvalue weighted by Crippen LogP contribution is 2.37. The van der Waals surface area contributed by atoms with Gasteiger partial charge < -0.3 is 11.1 Å². The van der Waals surface area contributed by atoms with Crippen molar-refractivity contribution in [2.75, 3.05) is 18.4 Å². The molecular weight excluding hydrogens is 232 g/mol. The largest absolute Gasteiger partial charge is 0.384 e. The summed E-state index contributed by atoms with van der Waals surface area (Å²) in [6.45, 7) is 12.1. The number of anilines is 1. The zero-order chi connectivity index (χ0) is 14.7. The van der Waals surface area contributed by atoms with Crippen molar-refractivity contribution in [3.8, 4) is 0 Å². The Kier molecular flexibility index (Phi) is 9.32. The number of nitrogens with two attached hydrogens (primary N) is 1. The minimum absolute atomic E-state index is 0.378. The van der Waals surface area contributed by atoms with E-state index in [-0.39, 0.29) is 0 Å². The van der Waals surface area contributed by atoms with Gasteiger partial charge in [0.05, 0.1) is 0 Å². The Morgan fingerprint density at radius 3 is 2.37 bits per heavy atom. The van der Waals surface area contributed by atoms with Crippen LogP contribution in [-0.4, -0.2) is 13.1 Å². The highest BCUT2D eigenvalue weighted by molar-refractivity contribution is 5.53. The summed E-state index contributed by atoms with van der Waals surface area (Å²) in [6, 6.07) is 8.60. The molecule has 19 heavy (non-hydrogen) atoms. The maximum Gasteiger partial charge on any atom is 0.0373 e. The summed E-state index contributed by atoms with van der Waals surface area (Å²) in [7, 11) is 0. The second-order valence-electron chi connectivity index (χ2n) is 4.58. The average Bonchev–Trinajstić information content (AvgIpc) is 2.51. The van der Waals surface area contributed by atoms with Crippen LogP contribution in [0.5, 0.6) is 0 Å². The number of para-hydroxylation sites is 1. The Balaban J connectivity index is 0.000000741. The Morgan fingerprint density at radius 1 is 1.16 bits per heavy atom. The third-order valence-electron chi connectivity index (χ3n) is 3.66. The summed E-state index contributed by atoms with van der Waals surface area (Å²) >= 11 is 0. The number of hydrogen-bond acceptors (Lipinski definition) is 2. The number of benzene rings is 1. The molecule has 0 saturated heterocycles. The molecule has 0 amide bonds. The van der Waals surface area contributed by atoms with Gasteiger partial charge in [0.1, 0.15) is 0 Å². The number of nitrogens with one attached hydrogen (secondary N) is 1. The van der Waals surface area contributed by atoms with Crippen LogP contribution >= 0.6 is 0 Å². The predicted molar refractivity (Wildman–Crippen MR) is 87.7 cm³/mol.